The molecule has 0 heterocycles. The molecule has 2 aromatic carbocycles. The van der Waals surface area contributed by atoms with Crippen molar-refractivity contribution in [1.82, 2.24) is 0 Å². The molecule has 2 nitrogen and oxygen atoms in total. The Kier molecular flexibility index (Phi) is 6.33. The number of methoxy groups -OCH3 is 1. The fourth-order valence-corrected chi connectivity index (χ4v) is 2.99. The molecule has 2 aromatic rings. The van der Waals surface area contributed by atoms with Crippen LogP contribution < -0.4 is 4.74 Å². The van der Waals surface area contributed by atoms with Crippen molar-refractivity contribution in [1.29, 1.82) is 0 Å². The van der Waals surface area contributed by atoms with Gasteiger partial charge in [-0.2, -0.15) is 0 Å². The SMILES string of the molecule is COc1ccc(SCCCC(=O)c2ccc(Br)cc2)cc1. The molecular weight excluding hydrogens is 348 g/mol. The molecule has 0 N–H and O–H groups in total. The number of benzene rings is 2. The maximum absolute atomic E-state index is 12.0. The second-order valence-corrected chi connectivity index (χ2v) is 6.64. The molecule has 21 heavy (non-hydrogen) atoms. The largest absolute Gasteiger partial charge is 0.497 e. The minimum Gasteiger partial charge on any atom is -0.497 e. The lowest BCUT2D eigenvalue weighted by atomic mass is 10.1. The van der Waals surface area contributed by atoms with Crippen molar-refractivity contribution in [2.24, 2.45) is 0 Å². The summed E-state index contributed by atoms with van der Waals surface area (Å²) in [6.07, 6.45) is 1.47. The van der Waals surface area contributed by atoms with Crippen LogP contribution in [0.2, 0.25) is 0 Å². The molecule has 0 aromatic heterocycles. The number of Topliss-reactive ketones (excluding diaryl/α,β-unsaturated/α-hetero) is 1. The zero-order valence-corrected chi connectivity index (χ0v) is 14.2. The summed E-state index contributed by atoms with van der Waals surface area (Å²) < 4.78 is 6.12. The molecular formula is C17H17BrO2S. The average molecular weight is 365 g/mol. The zero-order chi connectivity index (χ0) is 15.1. The Morgan fingerprint density at radius 2 is 1.76 bits per heavy atom. The number of halogens is 1. The number of hydrogen-bond donors (Lipinski definition) is 0. The maximum Gasteiger partial charge on any atom is 0.162 e. The lowest BCUT2D eigenvalue weighted by Crippen LogP contribution is -1.99. The van der Waals surface area contributed by atoms with E-state index in [4.69, 9.17) is 4.74 Å². The van der Waals surface area contributed by atoms with Gasteiger partial charge in [-0.15, -0.1) is 11.8 Å². The van der Waals surface area contributed by atoms with Crippen molar-refractivity contribution < 1.29 is 9.53 Å². The normalized spacial score (nSPS) is 10.4. The van der Waals surface area contributed by atoms with E-state index in [2.05, 4.69) is 15.9 Å². The molecule has 0 amide bonds. The Bertz CT molecular complexity index is 579. The fraction of sp³-hybridized carbons (Fsp3) is 0.235. The van der Waals surface area contributed by atoms with E-state index < -0.39 is 0 Å². The zero-order valence-electron chi connectivity index (χ0n) is 11.8. The van der Waals surface area contributed by atoms with Gasteiger partial charge in [-0.25, -0.2) is 0 Å². The van der Waals surface area contributed by atoms with E-state index in [0.717, 1.165) is 28.0 Å². The summed E-state index contributed by atoms with van der Waals surface area (Å²) in [4.78, 5) is 13.2. The van der Waals surface area contributed by atoms with E-state index in [0.29, 0.717) is 6.42 Å². The van der Waals surface area contributed by atoms with Crippen molar-refractivity contribution >= 4 is 33.5 Å². The molecule has 0 radical (unpaired) electrons. The van der Waals surface area contributed by atoms with Gasteiger partial charge < -0.3 is 4.74 Å². The summed E-state index contributed by atoms with van der Waals surface area (Å²) in [6.45, 7) is 0. The van der Waals surface area contributed by atoms with Crippen molar-refractivity contribution in [3.63, 3.8) is 0 Å². The van der Waals surface area contributed by atoms with Crippen LogP contribution in [0, 0.1) is 0 Å². The molecule has 110 valence electrons. The van der Waals surface area contributed by atoms with Crippen LogP contribution in [0.4, 0.5) is 0 Å². The molecule has 0 aliphatic rings. The number of rotatable bonds is 7. The second kappa shape index (κ2) is 8.25. The van der Waals surface area contributed by atoms with Gasteiger partial charge in [0, 0.05) is 21.4 Å². The predicted octanol–water partition coefficient (Wildman–Crippen LogP) is 5.21. The van der Waals surface area contributed by atoms with E-state index in [1.54, 1.807) is 18.9 Å². The van der Waals surface area contributed by atoms with Gasteiger partial charge in [0.2, 0.25) is 0 Å². The molecule has 2 rings (SSSR count). The first-order chi connectivity index (χ1) is 10.2. The Morgan fingerprint density at radius 1 is 1.10 bits per heavy atom. The summed E-state index contributed by atoms with van der Waals surface area (Å²) in [6, 6.07) is 15.5. The van der Waals surface area contributed by atoms with Crippen LogP contribution in [-0.4, -0.2) is 18.6 Å². The molecule has 0 bridgehead atoms. The monoisotopic (exact) mass is 364 g/mol. The van der Waals surface area contributed by atoms with Crippen LogP contribution in [0.25, 0.3) is 0 Å². The highest BCUT2D eigenvalue weighted by atomic mass is 79.9. The third-order valence-electron chi connectivity index (χ3n) is 3.04. The Labute approximate surface area is 138 Å². The van der Waals surface area contributed by atoms with E-state index in [1.165, 1.54) is 4.90 Å². The maximum atomic E-state index is 12.0. The lowest BCUT2D eigenvalue weighted by Gasteiger charge is -2.04. The quantitative estimate of drug-likeness (QED) is 0.383. The molecule has 0 unspecified atom stereocenters. The highest BCUT2D eigenvalue weighted by Crippen LogP contribution is 2.22. The number of carbonyl (C=O) groups excluding carboxylic acids is 1. The topological polar surface area (TPSA) is 26.3 Å². The number of ketones is 1. The van der Waals surface area contributed by atoms with Crippen molar-refractivity contribution in [3.05, 3.63) is 58.6 Å². The van der Waals surface area contributed by atoms with Gasteiger partial charge in [0.05, 0.1) is 7.11 Å². The minimum atomic E-state index is 0.206. The first-order valence-corrected chi connectivity index (χ1v) is 8.52. The van der Waals surface area contributed by atoms with Gasteiger partial charge in [0.1, 0.15) is 5.75 Å². The molecule has 0 saturated carbocycles. The molecule has 0 aliphatic heterocycles. The van der Waals surface area contributed by atoms with Gasteiger partial charge in [0.25, 0.3) is 0 Å². The van der Waals surface area contributed by atoms with Crippen LogP contribution in [0.5, 0.6) is 5.75 Å². The smallest absolute Gasteiger partial charge is 0.162 e. The van der Waals surface area contributed by atoms with Crippen molar-refractivity contribution in [3.8, 4) is 5.75 Å². The molecule has 0 fully saturated rings. The summed E-state index contributed by atoms with van der Waals surface area (Å²) in [5.41, 5.74) is 0.785. The van der Waals surface area contributed by atoms with E-state index >= 15 is 0 Å². The van der Waals surface area contributed by atoms with Gasteiger partial charge >= 0.3 is 0 Å². The Morgan fingerprint density at radius 3 is 2.38 bits per heavy atom. The van der Waals surface area contributed by atoms with Crippen LogP contribution in [-0.2, 0) is 0 Å². The number of carbonyl (C=O) groups is 1. The minimum absolute atomic E-state index is 0.206. The summed E-state index contributed by atoms with van der Waals surface area (Å²) in [5.74, 6) is 2.01. The summed E-state index contributed by atoms with van der Waals surface area (Å²) in [5, 5.41) is 0. The second-order valence-electron chi connectivity index (χ2n) is 4.56. The molecule has 0 atom stereocenters. The average Bonchev–Trinajstić information content (AvgIpc) is 2.52. The van der Waals surface area contributed by atoms with Gasteiger partial charge in [-0.05, 0) is 48.6 Å². The van der Waals surface area contributed by atoms with Crippen LogP contribution in [0.15, 0.2) is 57.9 Å². The predicted molar refractivity (Wildman–Crippen MR) is 91.4 cm³/mol. The van der Waals surface area contributed by atoms with Gasteiger partial charge in [-0.1, -0.05) is 28.1 Å². The van der Waals surface area contributed by atoms with Crippen LogP contribution >= 0.6 is 27.7 Å². The van der Waals surface area contributed by atoms with Gasteiger partial charge in [-0.3, -0.25) is 4.79 Å². The van der Waals surface area contributed by atoms with E-state index in [1.807, 2.05) is 48.5 Å². The first kappa shape index (κ1) is 16.1. The third kappa shape index (κ3) is 5.21. The third-order valence-corrected chi connectivity index (χ3v) is 4.67. The van der Waals surface area contributed by atoms with Crippen molar-refractivity contribution in [2.45, 2.75) is 17.7 Å². The molecule has 0 spiro atoms. The highest BCUT2D eigenvalue weighted by Gasteiger charge is 2.05. The van der Waals surface area contributed by atoms with Crippen LogP contribution in [0.1, 0.15) is 23.2 Å². The van der Waals surface area contributed by atoms with Gasteiger partial charge in [0.15, 0.2) is 5.78 Å². The molecule has 4 heteroatoms. The summed E-state index contributed by atoms with van der Waals surface area (Å²) >= 11 is 5.13. The van der Waals surface area contributed by atoms with E-state index in [-0.39, 0.29) is 5.78 Å². The molecule has 0 aliphatic carbocycles. The lowest BCUT2D eigenvalue weighted by molar-refractivity contribution is 0.0982. The Balaban J connectivity index is 1.73. The number of ether oxygens (including phenoxy) is 1. The van der Waals surface area contributed by atoms with Crippen molar-refractivity contribution in [2.75, 3.05) is 12.9 Å². The highest BCUT2D eigenvalue weighted by molar-refractivity contribution is 9.10. The number of hydrogen-bond acceptors (Lipinski definition) is 3. The molecule has 0 saturated heterocycles. The standard InChI is InChI=1S/C17H17BrO2S/c1-20-15-8-10-16(11-9-15)21-12-2-3-17(19)13-4-6-14(18)7-5-13/h4-11H,2-3,12H2,1H3. The first-order valence-electron chi connectivity index (χ1n) is 6.74. The fourth-order valence-electron chi connectivity index (χ4n) is 1.87. The van der Waals surface area contributed by atoms with Crippen LogP contribution in [0.3, 0.4) is 0 Å². The number of thioether (sulfide) groups is 1. The summed E-state index contributed by atoms with van der Waals surface area (Å²) in [7, 11) is 1.66. The van der Waals surface area contributed by atoms with E-state index in [9.17, 15) is 4.79 Å². The Hall–Kier alpha value is -1.26.